The number of aryl methyl sites for hydroxylation is 2. The second kappa shape index (κ2) is 6.99. The van der Waals surface area contributed by atoms with E-state index in [0.717, 1.165) is 42.4 Å². The molecule has 4 nitrogen and oxygen atoms in total. The normalized spacial score (nSPS) is 16.5. The Hall–Kier alpha value is -2.43. The summed E-state index contributed by atoms with van der Waals surface area (Å²) in [4.78, 5) is 15.3. The summed E-state index contributed by atoms with van der Waals surface area (Å²) in [7, 11) is 1.47. The first kappa shape index (κ1) is 16.4. The van der Waals surface area contributed by atoms with Crippen molar-refractivity contribution in [1.29, 1.82) is 0 Å². The zero-order chi connectivity index (χ0) is 17.1. The molecule has 3 rings (SSSR count). The van der Waals surface area contributed by atoms with Gasteiger partial charge in [0.1, 0.15) is 0 Å². The molecule has 0 aliphatic heterocycles. The molecule has 24 heavy (non-hydrogen) atoms. The molecular weight excluding hydrogens is 309 g/mol. The van der Waals surface area contributed by atoms with Crippen molar-refractivity contribution in [3.63, 3.8) is 0 Å². The fourth-order valence-corrected chi connectivity index (χ4v) is 3.52. The summed E-state index contributed by atoms with van der Waals surface area (Å²) in [6.45, 7) is 0. The molecule has 126 valence electrons. The van der Waals surface area contributed by atoms with Gasteiger partial charge in [-0.25, -0.2) is 9.18 Å². The lowest BCUT2D eigenvalue weighted by molar-refractivity contribution is 0.0695. The van der Waals surface area contributed by atoms with Crippen molar-refractivity contribution in [2.45, 2.75) is 38.0 Å². The minimum Gasteiger partial charge on any atom is -0.494 e. The Bertz CT molecular complexity index is 760. The molecular formula is C19H20FNO3. The highest BCUT2D eigenvalue weighted by atomic mass is 19.1. The van der Waals surface area contributed by atoms with E-state index in [-0.39, 0.29) is 17.5 Å². The third-order valence-electron chi connectivity index (χ3n) is 4.75. The van der Waals surface area contributed by atoms with E-state index in [1.54, 1.807) is 18.3 Å². The van der Waals surface area contributed by atoms with Gasteiger partial charge in [0.05, 0.1) is 12.7 Å². The maximum absolute atomic E-state index is 14.1. The van der Waals surface area contributed by atoms with Gasteiger partial charge in [0.15, 0.2) is 11.6 Å². The highest BCUT2D eigenvalue weighted by Gasteiger charge is 2.23. The quantitative estimate of drug-likeness (QED) is 0.901. The fraction of sp³-hybridized carbons (Fsp3) is 0.368. The van der Waals surface area contributed by atoms with Crippen molar-refractivity contribution in [3.05, 3.63) is 58.7 Å². The number of methoxy groups -OCH3 is 1. The van der Waals surface area contributed by atoms with Crippen molar-refractivity contribution in [1.82, 2.24) is 4.98 Å². The molecule has 0 radical (unpaired) electrons. The maximum Gasteiger partial charge on any atom is 0.336 e. The number of carboxylic acid groups (broad SMARTS) is 1. The van der Waals surface area contributed by atoms with Crippen LogP contribution >= 0.6 is 0 Å². The van der Waals surface area contributed by atoms with Crippen molar-refractivity contribution in [2.24, 2.45) is 0 Å². The summed E-state index contributed by atoms with van der Waals surface area (Å²) in [5.41, 5.74) is 3.18. The summed E-state index contributed by atoms with van der Waals surface area (Å²) in [5.74, 6) is -0.756. The van der Waals surface area contributed by atoms with Gasteiger partial charge in [-0.15, -0.1) is 0 Å². The molecule has 1 aromatic carbocycles. The van der Waals surface area contributed by atoms with Crippen molar-refractivity contribution < 1.29 is 19.0 Å². The van der Waals surface area contributed by atoms with E-state index < -0.39 is 5.97 Å². The highest BCUT2D eigenvalue weighted by molar-refractivity contribution is 5.89. The van der Waals surface area contributed by atoms with E-state index in [1.165, 1.54) is 19.4 Å². The molecule has 1 aliphatic rings. The van der Waals surface area contributed by atoms with Crippen LogP contribution in [0.5, 0.6) is 5.75 Å². The van der Waals surface area contributed by atoms with Gasteiger partial charge in [0, 0.05) is 12.4 Å². The number of carbonyl (C=O) groups is 1. The van der Waals surface area contributed by atoms with Crippen LogP contribution in [-0.2, 0) is 12.8 Å². The van der Waals surface area contributed by atoms with Gasteiger partial charge < -0.3 is 9.84 Å². The van der Waals surface area contributed by atoms with E-state index in [2.05, 4.69) is 4.98 Å². The highest BCUT2D eigenvalue weighted by Crippen LogP contribution is 2.37. The molecule has 1 N–H and O–H groups in total. The molecule has 1 aliphatic carbocycles. The molecule has 1 atom stereocenters. The van der Waals surface area contributed by atoms with E-state index in [0.29, 0.717) is 12.0 Å². The summed E-state index contributed by atoms with van der Waals surface area (Å²) >= 11 is 0. The third-order valence-corrected chi connectivity index (χ3v) is 4.75. The second-order valence-corrected chi connectivity index (χ2v) is 6.15. The number of aromatic carboxylic acids is 1. The van der Waals surface area contributed by atoms with Crippen molar-refractivity contribution >= 4 is 5.97 Å². The van der Waals surface area contributed by atoms with Gasteiger partial charge >= 0.3 is 5.97 Å². The summed E-state index contributed by atoms with van der Waals surface area (Å²) in [5, 5.41) is 9.26. The van der Waals surface area contributed by atoms with Gasteiger partial charge in [-0.05, 0) is 72.9 Å². The van der Waals surface area contributed by atoms with Crippen LogP contribution in [0.2, 0.25) is 0 Å². The summed E-state index contributed by atoms with van der Waals surface area (Å²) in [6, 6.07) is 4.90. The molecule has 0 saturated carbocycles. The Labute approximate surface area is 140 Å². The van der Waals surface area contributed by atoms with Crippen molar-refractivity contribution in [2.75, 3.05) is 7.11 Å². The maximum atomic E-state index is 14.1. The van der Waals surface area contributed by atoms with E-state index >= 15 is 0 Å². The summed E-state index contributed by atoms with van der Waals surface area (Å²) < 4.78 is 19.1. The summed E-state index contributed by atoms with van der Waals surface area (Å²) in [6.07, 6.45) is 7.47. The lowest BCUT2D eigenvalue weighted by Crippen LogP contribution is -2.13. The number of carboxylic acids is 1. The van der Waals surface area contributed by atoms with E-state index in [1.807, 2.05) is 0 Å². The minimum absolute atomic E-state index is 0.232. The molecule has 0 bridgehead atoms. The van der Waals surface area contributed by atoms with Gasteiger partial charge in [0.25, 0.3) is 0 Å². The number of rotatable bonds is 5. The van der Waals surface area contributed by atoms with Crippen LogP contribution in [0.25, 0.3) is 0 Å². The number of nitrogens with zero attached hydrogens (tertiary/aromatic N) is 1. The lowest BCUT2D eigenvalue weighted by Gasteiger charge is -2.26. The zero-order valence-electron chi connectivity index (χ0n) is 13.6. The molecule has 1 aromatic heterocycles. The lowest BCUT2D eigenvalue weighted by atomic mass is 9.79. The van der Waals surface area contributed by atoms with Crippen LogP contribution in [0, 0.1) is 5.82 Å². The Morgan fingerprint density at radius 3 is 3.04 bits per heavy atom. The largest absolute Gasteiger partial charge is 0.494 e. The number of benzene rings is 1. The number of ether oxygens (including phenoxy) is 1. The fourth-order valence-electron chi connectivity index (χ4n) is 3.52. The molecule has 0 saturated heterocycles. The predicted molar refractivity (Wildman–Crippen MR) is 88.1 cm³/mol. The van der Waals surface area contributed by atoms with Gasteiger partial charge in [0.2, 0.25) is 0 Å². The van der Waals surface area contributed by atoms with E-state index in [9.17, 15) is 14.3 Å². The Morgan fingerprint density at radius 1 is 1.46 bits per heavy atom. The molecule has 0 spiro atoms. The first-order valence-corrected chi connectivity index (χ1v) is 8.12. The smallest absolute Gasteiger partial charge is 0.336 e. The Kier molecular flexibility index (Phi) is 4.79. The zero-order valence-corrected chi connectivity index (χ0v) is 13.6. The number of hydrogen-bond donors (Lipinski definition) is 1. The van der Waals surface area contributed by atoms with Gasteiger partial charge in [-0.3, -0.25) is 4.98 Å². The van der Waals surface area contributed by atoms with Crippen LogP contribution in [-0.4, -0.2) is 23.2 Å². The van der Waals surface area contributed by atoms with Gasteiger partial charge in [-0.2, -0.15) is 0 Å². The Morgan fingerprint density at radius 2 is 2.29 bits per heavy atom. The number of aromatic nitrogens is 1. The molecule has 0 unspecified atom stereocenters. The second-order valence-electron chi connectivity index (χ2n) is 6.15. The first-order chi connectivity index (χ1) is 11.6. The number of hydrogen-bond acceptors (Lipinski definition) is 3. The number of pyridine rings is 1. The average Bonchev–Trinajstić information content (AvgIpc) is 2.59. The van der Waals surface area contributed by atoms with Crippen LogP contribution < -0.4 is 4.74 Å². The van der Waals surface area contributed by atoms with Crippen LogP contribution in [0.15, 0.2) is 30.6 Å². The van der Waals surface area contributed by atoms with E-state index in [4.69, 9.17) is 4.74 Å². The number of halogens is 1. The average molecular weight is 329 g/mol. The monoisotopic (exact) mass is 329 g/mol. The van der Waals surface area contributed by atoms with Gasteiger partial charge in [-0.1, -0.05) is 0 Å². The molecule has 1 heterocycles. The van der Waals surface area contributed by atoms with Crippen LogP contribution in [0.1, 0.15) is 52.2 Å². The molecule has 0 amide bonds. The third kappa shape index (κ3) is 3.25. The topological polar surface area (TPSA) is 59.4 Å². The molecule has 2 aromatic rings. The van der Waals surface area contributed by atoms with Crippen molar-refractivity contribution in [3.8, 4) is 5.75 Å². The van der Waals surface area contributed by atoms with Crippen LogP contribution in [0.3, 0.4) is 0 Å². The molecule has 0 fully saturated rings. The SMILES string of the molecule is COc1cc2c(cc1F)[C@H](CCc1cnccc1C(=O)O)CCC2. The minimum atomic E-state index is -0.938. The molecule has 5 heteroatoms. The predicted octanol–water partition coefficient (Wildman–Crippen LogP) is 3.98. The number of fused-ring (bicyclic) bond motifs is 1. The standard InChI is InChI=1S/C19H20FNO3/c1-24-18-9-13-4-2-3-12(16(13)10-17(18)20)5-6-14-11-21-8-7-15(14)19(22)23/h7-12H,2-6H2,1H3,(H,22,23)/t12-/m0/s1. The van der Waals surface area contributed by atoms with Crippen LogP contribution in [0.4, 0.5) is 4.39 Å². The Balaban J connectivity index is 1.81. The first-order valence-electron chi connectivity index (χ1n) is 8.12.